The van der Waals surface area contributed by atoms with Gasteiger partial charge < -0.3 is 14.4 Å². The fourth-order valence-corrected chi connectivity index (χ4v) is 2.22. The Kier molecular flexibility index (Phi) is 3.64. The van der Waals surface area contributed by atoms with Gasteiger partial charge in [0.15, 0.2) is 0 Å². The van der Waals surface area contributed by atoms with Crippen LogP contribution in [-0.4, -0.2) is 37.8 Å². The minimum absolute atomic E-state index is 0.312. The van der Waals surface area contributed by atoms with Gasteiger partial charge in [0.1, 0.15) is 17.5 Å². The van der Waals surface area contributed by atoms with Crippen molar-refractivity contribution in [2.24, 2.45) is 0 Å². The number of esters is 1. The van der Waals surface area contributed by atoms with E-state index in [1.54, 1.807) is 4.90 Å². The smallest absolute Gasteiger partial charge is 0.328 e. The zero-order chi connectivity index (χ0) is 13.1. The number of anilines is 1. The van der Waals surface area contributed by atoms with E-state index >= 15 is 0 Å². The molecule has 0 amide bonds. The molecule has 0 N–H and O–H groups in total. The van der Waals surface area contributed by atoms with Gasteiger partial charge in [-0.3, -0.25) is 0 Å². The molecule has 1 saturated heterocycles. The number of nitrogens with zero attached hydrogens (tertiary/aromatic N) is 2. The first-order valence-corrected chi connectivity index (χ1v) is 5.71. The molecule has 2 heterocycles. The Labute approximate surface area is 105 Å². The summed E-state index contributed by atoms with van der Waals surface area (Å²) in [5, 5.41) is 0. The van der Waals surface area contributed by atoms with Crippen molar-refractivity contribution in [1.29, 1.82) is 0 Å². The second-order valence-corrected chi connectivity index (χ2v) is 4.06. The molecular formula is C12H15FN2O3. The number of carbonyl (C=O) groups excluding carboxylic acids is 1. The highest BCUT2D eigenvalue weighted by Gasteiger charge is 2.33. The lowest BCUT2D eigenvalue weighted by Crippen LogP contribution is -2.37. The third-order valence-electron chi connectivity index (χ3n) is 3.03. The molecule has 6 heteroatoms. The standard InChI is InChI=1S/C12H15FN2O3/c1-17-11-10(6-8(13)7-14-11)15-5-3-4-9(15)12(16)18-2/h6-7,9H,3-5H2,1-2H3. The van der Waals surface area contributed by atoms with E-state index in [0.29, 0.717) is 24.5 Å². The Morgan fingerprint density at radius 2 is 2.33 bits per heavy atom. The summed E-state index contributed by atoms with van der Waals surface area (Å²) in [4.78, 5) is 17.3. The molecule has 18 heavy (non-hydrogen) atoms. The summed E-state index contributed by atoms with van der Waals surface area (Å²) in [6, 6.07) is 0.931. The van der Waals surface area contributed by atoms with Gasteiger partial charge in [-0.05, 0) is 12.8 Å². The largest absolute Gasteiger partial charge is 0.480 e. The van der Waals surface area contributed by atoms with E-state index in [9.17, 15) is 9.18 Å². The van der Waals surface area contributed by atoms with E-state index in [-0.39, 0.29) is 5.97 Å². The van der Waals surface area contributed by atoms with Crippen LogP contribution in [0, 0.1) is 5.82 Å². The second kappa shape index (κ2) is 5.20. The predicted octanol–water partition coefficient (Wildman–Crippen LogP) is 1.37. The Morgan fingerprint density at radius 1 is 1.56 bits per heavy atom. The van der Waals surface area contributed by atoms with Crippen LogP contribution < -0.4 is 9.64 Å². The topological polar surface area (TPSA) is 51.7 Å². The molecule has 1 aliphatic rings. The first-order valence-electron chi connectivity index (χ1n) is 5.71. The number of halogens is 1. The van der Waals surface area contributed by atoms with Gasteiger partial charge in [0.25, 0.3) is 0 Å². The van der Waals surface area contributed by atoms with Crippen molar-refractivity contribution < 1.29 is 18.7 Å². The van der Waals surface area contributed by atoms with E-state index in [1.165, 1.54) is 20.3 Å². The lowest BCUT2D eigenvalue weighted by atomic mass is 10.2. The van der Waals surface area contributed by atoms with Crippen LogP contribution in [0.25, 0.3) is 0 Å². The zero-order valence-corrected chi connectivity index (χ0v) is 10.4. The Balaban J connectivity index is 2.35. The monoisotopic (exact) mass is 254 g/mol. The van der Waals surface area contributed by atoms with Gasteiger partial charge in [0.2, 0.25) is 5.88 Å². The van der Waals surface area contributed by atoms with Crippen molar-refractivity contribution in [3.63, 3.8) is 0 Å². The minimum Gasteiger partial charge on any atom is -0.480 e. The molecule has 1 aliphatic heterocycles. The highest BCUT2D eigenvalue weighted by Crippen LogP contribution is 2.32. The average Bonchev–Trinajstić information content (AvgIpc) is 2.86. The third-order valence-corrected chi connectivity index (χ3v) is 3.03. The Morgan fingerprint density at radius 3 is 3.00 bits per heavy atom. The SMILES string of the molecule is COC(=O)C1CCCN1c1cc(F)cnc1OC. The molecule has 0 bridgehead atoms. The molecule has 0 spiro atoms. The van der Waals surface area contributed by atoms with Crippen LogP contribution in [0.4, 0.5) is 10.1 Å². The van der Waals surface area contributed by atoms with Gasteiger partial charge in [0, 0.05) is 12.6 Å². The highest BCUT2D eigenvalue weighted by atomic mass is 19.1. The van der Waals surface area contributed by atoms with Gasteiger partial charge in [-0.15, -0.1) is 0 Å². The first-order chi connectivity index (χ1) is 8.67. The summed E-state index contributed by atoms with van der Waals surface area (Å²) in [5.74, 6) is -0.465. The van der Waals surface area contributed by atoms with Crippen LogP contribution in [0.1, 0.15) is 12.8 Å². The number of hydrogen-bond acceptors (Lipinski definition) is 5. The molecule has 1 fully saturated rings. The number of pyridine rings is 1. The van der Waals surface area contributed by atoms with E-state index in [0.717, 1.165) is 12.6 Å². The fourth-order valence-electron chi connectivity index (χ4n) is 2.22. The van der Waals surface area contributed by atoms with Crippen molar-refractivity contribution in [2.45, 2.75) is 18.9 Å². The lowest BCUT2D eigenvalue weighted by molar-refractivity contribution is -0.141. The van der Waals surface area contributed by atoms with Crippen LogP contribution in [0.3, 0.4) is 0 Å². The maximum atomic E-state index is 13.3. The van der Waals surface area contributed by atoms with E-state index in [2.05, 4.69) is 4.98 Å². The number of carbonyl (C=O) groups is 1. The molecular weight excluding hydrogens is 239 g/mol. The number of rotatable bonds is 3. The summed E-state index contributed by atoms with van der Waals surface area (Å²) < 4.78 is 23.1. The van der Waals surface area contributed by atoms with Crippen molar-refractivity contribution >= 4 is 11.7 Å². The zero-order valence-electron chi connectivity index (χ0n) is 10.4. The summed E-state index contributed by atoms with van der Waals surface area (Å²) in [6.45, 7) is 0.654. The molecule has 0 aromatic carbocycles. The van der Waals surface area contributed by atoms with Crippen molar-refractivity contribution in [1.82, 2.24) is 4.98 Å². The number of ether oxygens (including phenoxy) is 2. The summed E-state index contributed by atoms with van der Waals surface area (Å²) in [7, 11) is 2.81. The average molecular weight is 254 g/mol. The summed E-state index contributed by atoms with van der Waals surface area (Å²) in [5.41, 5.74) is 0.491. The number of methoxy groups -OCH3 is 2. The van der Waals surface area contributed by atoms with Crippen molar-refractivity contribution in [2.75, 3.05) is 25.7 Å². The van der Waals surface area contributed by atoms with E-state index in [1.807, 2.05) is 0 Å². The van der Waals surface area contributed by atoms with Gasteiger partial charge >= 0.3 is 5.97 Å². The molecule has 0 saturated carbocycles. The number of aromatic nitrogens is 1. The molecule has 0 aliphatic carbocycles. The normalized spacial score (nSPS) is 18.8. The Hall–Kier alpha value is -1.85. The third kappa shape index (κ3) is 2.23. The van der Waals surface area contributed by atoms with Gasteiger partial charge in [-0.25, -0.2) is 14.2 Å². The molecule has 1 aromatic rings. The van der Waals surface area contributed by atoms with Gasteiger partial charge in [-0.1, -0.05) is 0 Å². The summed E-state index contributed by atoms with van der Waals surface area (Å²) in [6.07, 6.45) is 2.62. The quantitative estimate of drug-likeness (QED) is 0.762. The van der Waals surface area contributed by atoms with Crippen molar-refractivity contribution in [3.05, 3.63) is 18.1 Å². The fraction of sp³-hybridized carbons (Fsp3) is 0.500. The Bertz CT molecular complexity index is 453. The van der Waals surface area contributed by atoms with Crippen LogP contribution in [0.2, 0.25) is 0 Å². The van der Waals surface area contributed by atoms with Gasteiger partial charge in [-0.2, -0.15) is 0 Å². The minimum atomic E-state index is -0.457. The summed E-state index contributed by atoms with van der Waals surface area (Å²) >= 11 is 0. The second-order valence-electron chi connectivity index (χ2n) is 4.06. The molecule has 1 aromatic heterocycles. The predicted molar refractivity (Wildman–Crippen MR) is 63.1 cm³/mol. The van der Waals surface area contributed by atoms with Crippen LogP contribution in [0.15, 0.2) is 12.3 Å². The van der Waals surface area contributed by atoms with Gasteiger partial charge in [0.05, 0.1) is 20.4 Å². The molecule has 1 atom stereocenters. The maximum absolute atomic E-state index is 13.3. The molecule has 0 radical (unpaired) electrons. The van der Waals surface area contributed by atoms with Crippen LogP contribution >= 0.6 is 0 Å². The lowest BCUT2D eigenvalue weighted by Gasteiger charge is -2.25. The molecule has 5 nitrogen and oxygen atoms in total. The first kappa shape index (κ1) is 12.6. The van der Waals surface area contributed by atoms with E-state index < -0.39 is 11.9 Å². The molecule has 2 rings (SSSR count). The van der Waals surface area contributed by atoms with Crippen LogP contribution in [0.5, 0.6) is 5.88 Å². The molecule has 98 valence electrons. The number of hydrogen-bond donors (Lipinski definition) is 0. The van der Waals surface area contributed by atoms with Crippen molar-refractivity contribution in [3.8, 4) is 5.88 Å². The maximum Gasteiger partial charge on any atom is 0.328 e. The highest BCUT2D eigenvalue weighted by molar-refractivity contribution is 5.81. The van der Waals surface area contributed by atoms with E-state index in [4.69, 9.17) is 9.47 Å². The molecule has 1 unspecified atom stereocenters. The van der Waals surface area contributed by atoms with Crippen LogP contribution in [-0.2, 0) is 9.53 Å².